The van der Waals surface area contributed by atoms with Gasteiger partial charge in [0.1, 0.15) is 10.7 Å². The van der Waals surface area contributed by atoms with Crippen molar-refractivity contribution in [3.63, 3.8) is 0 Å². The van der Waals surface area contributed by atoms with E-state index in [1.807, 2.05) is 32.8 Å². The van der Waals surface area contributed by atoms with Crippen LogP contribution in [0.15, 0.2) is 4.79 Å². The maximum Gasteiger partial charge on any atom is 0.307 e. The highest BCUT2D eigenvalue weighted by atomic mass is 32.1. The number of hydrogen-bond donors (Lipinski definition) is 0. The first-order chi connectivity index (χ1) is 10.8. The molecule has 0 atom stereocenters. The first-order valence-electron chi connectivity index (χ1n) is 7.64. The Bertz CT molecular complexity index is 777. The third-order valence-electron chi connectivity index (χ3n) is 3.67. The number of esters is 1. The molecule has 0 N–H and O–H groups in total. The smallest absolute Gasteiger partial charge is 0.307 e. The van der Waals surface area contributed by atoms with E-state index in [0.29, 0.717) is 24.4 Å². The summed E-state index contributed by atoms with van der Waals surface area (Å²) in [5.41, 5.74) is 0.904. The number of carbonyl (C=O) groups is 1. The molecule has 126 valence electrons. The van der Waals surface area contributed by atoms with Gasteiger partial charge in [0.25, 0.3) is 5.56 Å². The standard InChI is InChI=1S/C16H23N3O3S/c1-6-22-13(20)7-8-19-12(9-18(4)5)17-15-14(16(19)21)10(2)11(3)23-15/h6-9H2,1-5H3. The molecule has 0 aliphatic carbocycles. The molecule has 2 heterocycles. The highest BCUT2D eigenvalue weighted by Crippen LogP contribution is 2.26. The van der Waals surface area contributed by atoms with Gasteiger partial charge in [0, 0.05) is 11.4 Å². The van der Waals surface area contributed by atoms with Gasteiger partial charge in [-0.25, -0.2) is 4.98 Å². The monoisotopic (exact) mass is 337 g/mol. The van der Waals surface area contributed by atoms with Crippen molar-refractivity contribution in [2.75, 3.05) is 20.7 Å². The molecule has 0 fully saturated rings. The average Bonchev–Trinajstić information content (AvgIpc) is 2.73. The second kappa shape index (κ2) is 7.23. The van der Waals surface area contributed by atoms with Gasteiger partial charge in [-0.3, -0.25) is 14.2 Å². The zero-order chi connectivity index (χ0) is 17.1. The largest absolute Gasteiger partial charge is 0.466 e. The minimum Gasteiger partial charge on any atom is -0.466 e. The van der Waals surface area contributed by atoms with E-state index < -0.39 is 0 Å². The fraction of sp³-hybridized carbons (Fsp3) is 0.562. The summed E-state index contributed by atoms with van der Waals surface area (Å²) in [5.74, 6) is 0.381. The molecule has 6 nitrogen and oxygen atoms in total. The molecule has 0 aliphatic rings. The Morgan fingerprint density at radius 3 is 2.65 bits per heavy atom. The first kappa shape index (κ1) is 17.6. The van der Waals surface area contributed by atoms with Crippen molar-refractivity contribution < 1.29 is 9.53 Å². The van der Waals surface area contributed by atoms with Crippen molar-refractivity contribution in [2.45, 2.75) is 40.3 Å². The van der Waals surface area contributed by atoms with Crippen molar-refractivity contribution in [3.8, 4) is 0 Å². The Morgan fingerprint density at radius 1 is 1.35 bits per heavy atom. The Morgan fingerprint density at radius 2 is 2.04 bits per heavy atom. The molecule has 7 heteroatoms. The van der Waals surface area contributed by atoms with E-state index in [9.17, 15) is 9.59 Å². The maximum atomic E-state index is 12.9. The van der Waals surface area contributed by atoms with Crippen LogP contribution in [0.5, 0.6) is 0 Å². The Hall–Kier alpha value is -1.73. The molecule has 0 aromatic carbocycles. The van der Waals surface area contributed by atoms with Gasteiger partial charge in [-0.15, -0.1) is 11.3 Å². The summed E-state index contributed by atoms with van der Waals surface area (Å²) >= 11 is 1.54. The molecule has 23 heavy (non-hydrogen) atoms. The molecule has 0 unspecified atom stereocenters. The quantitative estimate of drug-likeness (QED) is 0.755. The first-order valence-corrected chi connectivity index (χ1v) is 8.46. The van der Waals surface area contributed by atoms with Crippen LogP contribution in [0.2, 0.25) is 0 Å². The van der Waals surface area contributed by atoms with Crippen LogP contribution >= 0.6 is 11.3 Å². The second-order valence-electron chi connectivity index (χ2n) is 5.74. The third-order valence-corrected chi connectivity index (χ3v) is 4.77. The van der Waals surface area contributed by atoms with Gasteiger partial charge < -0.3 is 9.64 Å². The molecular weight excluding hydrogens is 314 g/mol. The van der Waals surface area contributed by atoms with Gasteiger partial charge >= 0.3 is 5.97 Å². The van der Waals surface area contributed by atoms with Crippen LogP contribution in [-0.2, 0) is 22.6 Å². The molecule has 2 aromatic heterocycles. The van der Waals surface area contributed by atoms with Gasteiger partial charge in [0.05, 0.1) is 25.0 Å². The van der Waals surface area contributed by atoms with Gasteiger partial charge in [-0.1, -0.05) is 0 Å². The molecule has 2 rings (SSSR count). The minimum absolute atomic E-state index is 0.0713. The van der Waals surface area contributed by atoms with Gasteiger partial charge in [0.2, 0.25) is 0 Å². The lowest BCUT2D eigenvalue weighted by Crippen LogP contribution is -2.29. The zero-order valence-corrected chi connectivity index (χ0v) is 15.1. The van der Waals surface area contributed by atoms with E-state index in [-0.39, 0.29) is 24.5 Å². The summed E-state index contributed by atoms with van der Waals surface area (Å²) < 4.78 is 6.57. The Labute approximate surface area is 139 Å². The van der Waals surface area contributed by atoms with Crippen molar-refractivity contribution >= 4 is 27.5 Å². The van der Waals surface area contributed by atoms with Crippen molar-refractivity contribution in [2.24, 2.45) is 0 Å². The summed E-state index contributed by atoms with van der Waals surface area (Å²) in [7, 11) is 3.86. The summed E-state index contributed by atoms with van der Waals surface area (Å²) in [6, 6.07) is 0. The van der Waals surface area contributed by atoms with Gasteiger partial charge in [-0.2, -0.15) is 0 Å². The molecule has 0 saturated carbocycles. The fourth-order valence-electron chi connectivity index (χ4n) is 2.44. The summed E-state index contributed by atoms with van der Waals surface area (Å²) in [5, 5.41) is 0.666. The zero-order valence-electron chi connectivity index (χ0n) is 14.3. The number of aromatic nitrogens is 2. The number of fused-ring (bicyclic) bond motifs is 1. The lowest BCUT2D eigenvalue weighted by Gasteiger charge is -2.15. The summed E-state index contributed by atoms with van der Waals surface area (Å²) in [4.78, 5) is 33.0. The van der Waals surface area contributed by atoms with Crippen LogP contribution in [-0.4, -0.2) is 41.1 Å². The SMILES string of the molecule is CCOC(=O)CCn1c(CN(C)C)nc2sc(C)c(C)c2c1=O. The third kappa shape index (κ3) is 3.79. The van der Waals surface area contributed by atoms with Crippen LogP contribution in [0.25, 0.3) is 10.2 Å². The van der Waals surface area contributed by atoms with Crippen LogP contribution in [0.1, 0.15) is 29.6 Å². The van der Waals surface area contributed by atoms with Gasteiger partial charge in [-0.05, 0) is 40.4 Å². The molecule has 0 spiro atoms. The van der Waals surface area contributed by atoms with Crippen molar-refractivity contribution in [3.05, 3.63) is 26.6 Å². The fourth-order valence-corrected chi connectivity index (χ4v) is 3.48. The van der Waals surface area contributed by atoms with Crippen LogP contribution in [0, 0.1) is 13.8 Å². The Kier molecular flexibility index (Phi) is 5.54. The number of aryl methyl sites for hydroxylation is 2. The number of rotatable bonds is 6. The minimum atomic E-state index is -0.298. The Balaban J connectivity index is 2.49. The number of thiophene rings is 1. The molecule has 0 bridgehead atoms. The number of nitrogens with zero attached hydrogens (tertiary/aromatic N) is 3. The van der Waals surface area contributed by atoms with E-state index in [4.69, 9.17) is 4.74 Å². The van der Waals surface area contributed by atoms with Crippen LogP contribution < -0.4 is 5.56 Å². The normalized spacial score (nSPS) is 11.4. The van der Waals surface area contributed by atoms with Crippen LogP contribution in [0.4, 0.5) is 0 Å². The molecule has 0 aliphatic heterocycles. The second-order valence-corrected chi connectivity index (χ2v) is 6.94. The highest BCUT2D eigenvalue weighted by molar-refractivity contribution is 7.18. The molecule has 0 radical (unpaired) electrons. The predicted octanol–water partition coefficient (Wildman–Crippen LogP) is 2.09. The number of ether oxygens (including phenoxy) is 1. The van der Waals surface area contributed by atoms with Crippen molar-refractivity contribution in [1.82, 2.24) is 14.5 Å². The van der Waals surface area contributed by atoms with E-state index >= 15 is 0 Å². The molecular formula is C16H23N3O3S. The van der Waals surface area contributed by atoms with E-state index in [0.717, 1.165) is 15.3 Å². The average molecular weight is 337 g/mol. The van der Waals surface area contributed by atoms with Crippen LogP contribution in [0.3, 0.4) is 0 Å². The van der Waals surface area contributed by atoms with E-state index in [2.05, 4.69) is 4.98 Å². The van der Waals surface area contributed by atoms with Crippen molar-refractivity contribution in [1.29, 1.82) is 0 Å². The van der Waals surface area contributed by atoms with Gasteiger partial charge in [0.15, 0.2) is 0 Å². The molecule has 2 aromatic rings. The number of carbonyl (C=O) groups excluding carboxylic acids is 1. The van der Waals surface area contributed by atoms with E-state index in [1.54, 1.807) is 22.8 Å². The summed E-state index contributed by atoms with van der Waals surface area (Å²) in [6.07, 6.45) is 0.170. The summed E-state index contributed by atoms with van der Waals surface area (Å²) in [6.45, 7) is 6.89. The predicted molar refractivity (Wildman–Crippen MR) is 92.0 cm³/mol. The highest BCUT2D eigenvalue weighted by Gasteiger charge is 2.17. The lowest BCUT2D eigenvalue weighted by atomic mass is 10.2. The molecule has 0 saturated heterocycles. The molecule has 0 amide bonds. The lowest BCUT2D eigenvalue weighted by molar-refractivity contribution is -0.143. The topological polar surface area (TPSA) is 64.4 Å². The number of hydrogen-bond acceptors (Lipinski definition) is 6. The maximum absolute atomic E-state index is 12.9. The van der Waals surface area contributed by atoms with E-state index in [1.165, 1.54) is 0 Å².